The second-order valence-corrected chi connectivity index (χ2v) is 4.28. The van der Waals surface area contributed by atoms with Crippen LogP contribution in [0.15, 0.2) is 18.2 Å². The van der Waals surface area contributed by atoms with Crippen molar-refractivity contribution in [2.24, 2.45) is 11.5 Å². The Morgan fingerprint density at radius 1 is 1.25 bits per heavy atom. The Balaban J connectivity index is 2.83. The summed E-state index contributed by atoms with van der Waals surface area (Å²) in [6.07, 6.45) is -4.52. The Morgan fingerprint density at radius 2 is 1.90 bits per heavy atom. The Hall–Kier alpha value is -2.03. The molecule has 0 heterocycles. The monoisotopic (exact) mass is 306 g/mol. The lowest BCUT2D eigenvalue weighted by molar-refractivity contribution is -0.137. The minimum Gasteiger partial charge on any atom is -0.389 e. The summed E-state index contributed by atoms with van der Waals surface area (Å²) in [5.74, 6) is 0. The predicted octanol–water partition coefficient (Wildman–Crippen LogP) is 1.42. The Labute approximate surface area is 118 Å². The first-order valence-corrected chi connectivity index (χ1v) is 5.91. The van der Waals surface area contributed by atoms with Gasteiger partial charge in [-0.3, -0.25) is 0 Å². The molecular formula is C11H13F3N4OS. The fourth-order valence-electron chi connectivity index (χ4n) is 1.50. The molecule has 0 aromatic heterocycles. The third kappa shape index (κ3) is 4.57. The summed E-state index contributed by atoms with van der Waals surface area (Å²) in [4.78, 5) is 10.1. The number of halogens is 3. The summed E-state index contributed by atoms with van der Waals surface area (Å²) in [5, 5.41) is 5.16. The van der Waals surface area contributed by atoms with E-state index in [0.29, 0.717) is 12.2 Å². The lowest BCUT2D eigenvalue weighted by Gasteiger charge is -2.14. The van der Waals surface area contributed by atoms with Crippen molar-refractivity contribution in [3.63, 3.8) is 0 Å². The highest BCUT2D eigenvalue weighted by Gasteiger charge is 2.33. The lowest BCUT2D eigenvalue weighted by atomic mass is 10.1. The number of anilines is 1. The maximum atomic E-state index is 12.7. The molecule has 6 N–H and O–H groups in total. The van der Waals surface area contributed by atoms with Crippen LogP contribution in [-0.2, 0) is 6.18 Å². The van der Waals surface area contributed by atoms with Gasteiger partial charge in [0.15, 0.2) is 0 Å². The second-order valence-electron chi connectivity index (χ2n) is 3.84. The van der Waals surface area contributed by atoms with Crippen molar-refractivity contribution in [2.75, 3.05) is 18.4 Å². The topological polar surface area (TPSA) is 93.2 Å². The van der Waals surface area contributed by atoms with Crippen LogP contribution in [0.25, 0.3) is 0 Å². The molecular weight excluding hydrogens is 293 g/mol. The number of primary amides is 1. The molecule has 1 rings (SSSR count). The molecule has 0 radical (unpaired) electrons. The third-order valence-corrected chi connectivity index (χ3v) is 2.56. The van der Waals surface area contributed by atoms with Crippen molar-refractivity contribution >= 4 is 28.9 Å². The molecule has 0 unspecified atom stereocenters. The zero-order valence-corrected chi connectivity index (χ0v) is 11.1. The molecule has 0 atom stereocenters. The van der Waals surface area contributed by atoms with Crippen LogP contribution in [0.5, 0.6) is 0 Å². The van der Waals surface area contributed by atoms with Gasteiger partial charge in [-0.05, 0) is 18.2 Å². The number of rotatable bonds is 5. The van der Waals surface area contributed by atoms with Gasteiger partial charge in [-0.15, -0.1) is 0 Å². The number of nitrogens with two attached hydrogens (primary N) is 2. The van der Waals surface area contributed by atoms with Crippen LogP contribution in [0.3, 0.4) is 0 Å². The van der Waals surface area contributed by atoms with Crippen LogP contribution in [0.1, 0.15) is 11.1 Å². The number of alkyl halides is 3. The van der Waals surface area contributed by atoms with E-state index < -0.39 is 17.8 Å². The Bertz CT molecular complexity index is 519. The quantitative estimate of drug-likeness (QED) is 0.489. The van der Waals surface area contributed by atoms with Crippen molar-refractivity contribution in [1.82, 2.24) is 5.32 Å². The molecule has 110 valence electrons. The smallest absolute Gasteiger partial charge is 0.389 e. The SMILES string of the molecule is NC(=O)NCCNc1ccc(C(F)(F)F)c(C(N)=S)c1. The maximum Gasteiger partial charge on any atom is 0.417 e. The van der Waals surface area contributed by atoms with Crippen molar-refractivity contribution in [2.45, 2.75) is 6.18 Å². The molecule has 2 amide bonds. The molecule has 0 fully saturated rings. The van der Waals surface area contributed by atoms with Crippen molar-refractivity contribution in [3.8, 4) is 0 Å². The van der Waals surface area contributed by atoms with E-state index in [1.54, 1.807) is 0 Å². The van der Waals surface area contributed by atoms with Gasteiger partial charge in [-0.1, -0.05) is 12.2 Å². The molecule has 0 spiro atoms. The fraction of sp³-hybridized carbons (Fsp3) is 0.273. The molecule has 5 nitrogen and oxygen atoms in total. The number of carbonyl (C=O) groups excluding carboxylic acids is 1. The van der Waals surface area contributed by atoms with E-state index in [4.69, 9.17) is 11.5 Å². The van der Waals surface area contributed by atoms with E-state index in [-0.39, 0.29) is 17.1 Å². The van der Waals surface area contributed by atoms with Gasteiger partial charge in [-0.25, -0.2) is 4.79 Å². The maximum absolute atomic E-state index is 12.7. The number of thiocarbonyl (C=S) groups is 1. The normalized spacial score (nSPS) is 10.9. The van der Waals surface area contributed by atoms with Crippen LogP contribution in [0, 0.1) is 0 Å². The predicted molar refractivity (Wildman–Crippen MR) is 73.4 cm³/mol. The molecule has 0 saturated carbocycles. The standard InChI is InChI=1S/C11H13F3N4OS/c12-11(13,14)8-2-1-6(5-7(8)9(15)20)17-3-4-18-10(16)19/h1-2,5,17H,3-4H2,(H2,15,20)(H3,16,18,19). The molecule has 0 aliphatic heterocycles. The van der Waals surface area contributed by atoms with Gasteiger partial charge in [0.25, 0.3) is 0 Å². The highest BCUT2D eigenvalue weighted by molar-refractivity contribution is 7.80. The number of carbonyl (C=O) groups is 1. The first-order chi connectivity index (χ1) is 9.21. The molecule has 0 aliphatic carbocycles. The van der Waals surface area contributed by atoms with Gasteiger partial charge >= 0.3 is 12.2 Å². The summed E-state index contributed by atoms with van der Waals surface area (Å²) >= 11 is 4.62. The molecule has 0 saturated heterocycles. The van der Waals surface area contributed by atoms with Crippen molar-refractivity contribution < 1.29 is 18.0 Å². The largest absolute Gasteiger partial charge is 0.417 e. The van der Waals surface area contributed by atoms with Gasteiger partial charge in [0, 0.05) is 24.3 Å². The zero-order valence-electron chi connectivity index (χ0n) is 10.3. The minimum absolute atomic E-state index is 0.235. The van der Waals surface area contributed by atoms with Crippen LogP contribution in [0.4, 0.5) is 23.7 Å². The molecule has 9 heteroatoms. The second kappa shape index (κ2) is 6.42. The van der Waals surface area contributed by atoms with Gasteiger partial charge in [0.05, 0.1) is 5.56 Å². The van der Waals surface area contributed by atoms with E-state index in [0.717, 1.165) is 6.07 Å². The fourth-order valence-corrected chi connectivity index (χ4v) is 1.67. The lowest BCUT2D eigenvalue weighted by Crippen LogP contribution is -2.33. The van der Waals surface area contributed by atoms with Gasteiger partial charge < -0.3 is 22.1 Å². The average Bonchev–Trinajstić information content (AvgIpc) is 2.33. The molecule has 1 aromatic rings. The van der Waals surface area contributed by atoms with E-state index in [1.807, 2.05) is 0 Å². The van der Waals surface area contributed by atoms with E-state index in [9.17, 15) is 18.0 Å². The van der Waals surface area contributed by atoms with E-state index >= 15 is 0 Å². The summed E-state index contributed by atoms with van der Waals surface area (Å²) in [5.41, 5.74) is 9.45. The summed E-state index contributed by atoms with van der Waals surface area (Å²) in [6, 6.07) is 2.70. The number of benzene rings is 1. The Kier molecular flexibility index (Phi) is 5.14. The van der Waals surface area contributed by atoms with Gasteiger partial charge in [-0.2, -0.15) is 13.2 Å². The number of nitrogens with one attached hydrogen (secondary N) is 2. The number of hydrogen-bond donors (Lipinski definition) is 4. The van der Waals surface area contributed by atoms with Crippen LogP contribution < -0.4 is 22.1 Å². The van der Waals surface area contributed by atoms with Crippen LogP contribution in [-0.4, -0.2) is 24.1 Å². The van der Waals surface area contributed by atoms with Crippen LogP contribution in [0.2, 0.25) is 0 Å². The summed E-state index contributed by atoms with van der Waals surface area (Å²) in [7, 11) is 0. The highest BCUT2D eigenvalue weighted by Crippen LogP contribution is 2.33. The number of amides is 2. The Morgan fingerprint density at radius 3 is 2.40 bits per heavy atom. The van der Waals surface area contributed by atoms with Gasteiger partial charge in [0.2, 0.25) is 0 Å². The van der Waals surface area contributed by atoms with Crippen molar-refractivity contribution in [3.05, 3.63) is 29.3 Å². The molecule has 0 bridgehead atoms. The van der Waals surface area contributed by atoms with E-state index in [2.05, 4.69) is 22.9 Å². The zero-order chi connectivity index (χ0) is 15.3. The highest BCUT2D eigenvalue weighted by atomic mass is 32.1. The first-order valence-electron chi connectivity index (χ1n) is 5.50. The van der Waals surface area contributed by atoms with Crippen molar-refractivity contribution in [1.29, 1.82) is 0 Å². The minimum atomic E-state index is -4.52. The van der Waals surface area contributed by atoms with Gasteiger partial charge in [0.1, 0.15) is 4.99 Å². The number of urea groups is 1. The average molecular weight is 306 g/mol. The molecule has 0 aliphatic rings. The molecule has 20 heavy (non-hydrogen) atoms. The number of hydrogen-bond acceptors (Lipinski definition) is 3. The van der Waals surface area contributed by atoms with E-state index in [1.165, 1.54) is 12.1 Å². The summed E-state index contributed by atoms with van der Waals surface area (Å²) in [6.45, 7) is 0.532. The third-order valence-electron chi connectivity index (χ3n) is 2.34. The van der Waals surface area contributed by atoms with Crippen LogP contribution >= 0.6 is 12.2 Å². The summed E-state index contributed by atoms with van der Waals surface area (Å²) < 4.78 is 38.2. The first kappa shape index (κ1) is 16.0. The molecule has 1 aromatic carbocycles.